The first-order valence-corrected chi connectivity index (χ1v) is 10.5. The van der Waals surface area contributed by atoms with Crippen molar-refractivity contribution in [1.29, 1.82) is 0 Å². The van der Waals surface area contributed by atoms with E-state index >= 15 is 0 Å². The number of nitrogens with one attached hydrogen (secondary N) is 1. The number of benzene rings is 3. The molecule has 7 nitrogen and oxygen atoms in total. The first-order valence-electron chi connectivity index (χ1n) is 9.56. The second-order valence-corrected chi connectivity index (χ2v) is 7.59. The molecule has 1 heterocycles. The molecule has 1 aromatic heterocycles. The molecule has 1 N–H and O–H groups in total. The average Bonchev–Trinajstić information content (AvgIpc) is 3.27. The molecule has 0 saturated heterocycles. The number of rotatable bonds is 7. The Labute approximate surface area is 183 Å². The van der Waals surface area contributed by atoms with Gasteiger partial charge in [-0.05, 0) is 55.5 Å². The number of hydrogen-bond acceptors (Lipinski definition) is 7. The van der Waals surface area contributed by atoms with Crippen LogP contribution in [-0.4, -0.2) is 21.9 Å². The normalized spacial score (nSPS) is 11.0. The molecule has 8 heteroatoms. The molecule has 0 fully saturated rings. The van der Waals surface area contributed by atoms with E-state index in [0.29, 0.717) is 22.5 Å². The maximum Gasteiger partial charge on any atom is 0.277 e. The lowest BCUT2D eigenvalue weighted by Gasteiger charge is -2.04. The lowest BCUT2D eigenvalue weighted by molar-refractivity contribution is -0.113. The molecule has 0 spiro atoms. The first-order chi connectivity index (χ1) is 15.2. The Morgan fingerprint density at radius 3 is 2.42 bits per heavy atom. The monoisotopic (exact) mass is 429 g/mol. The fourth-order valence-corrected chi connectivity index (χ4v) is 3.27. The average molecular weight is 430 g/mol. The minimum Gasteiger partial charge on any atom is -0.411 e. The third-order valence-electron chi connectivity index (χ3n) is 4.19. The molecular weight excluding hydrogens is 410 g/mol. The Hall–Kier alpha value is -3.78. The van der Waals surface area contributed by atoms with Gasteiger partial charge >= 0.3 is 0 Å². The number of nitrogens with zero attached hydrogens (tertiary/aromatic N) is 4. The Balaban J connectivity index is 1.29. The molecule has 3 aromatic carbocycles. The zero-order valence-corrected chi connectivity index (χ0v) is 17.5. The van der Waals surface area contributed by atoms with Crippen LogP contribution in [0.25, 0.3) is 11.5 Å². The van der Waals surface area contributed by atoms with Crippen molar-refractivity contribution in [3.8, 4) is 11.5 Å². The summed E-state index contributed by atoms with van der Waals surface area (Å²) in [6.45, 7) is 2.00. The summed E-state index contributed by atoms with van der Waals surface area (Å²) < 4.78 is 5.64. The van der Waals surface area contributed by atoms with Crippen molar-refractivity contribution in [2.45, 2.75) is 12.1 Å². The van der Waals surface area contributed by atoms with Crippen LogP contribution in [0.2, 0.25) is 0 Å². The molecule has 4 aromatic rings. The Morgan fingerprint density at radius 1 is 0.935 bits per heavy atom. The van der Waals surface area contributed by atoms with Crippen molar-refractivity contribution in [2.75, 3.05) is 11.1 Å². The van der Waals surface area contributed by atoms with Gasteiger partial charge in [0.25, 0.3) is 5.22 Å². The summed E-state index contributed by atoms with van der Waals surface area (Å²) in [6.07, 6.45) is 0. The van der Waals surface area contributed by atoms with Gasteiger partial charge in [0.05, 0.1) is 17.1 Å². The van der Waals surface area contributed by atoms with E-state index in [4.69, 9.17) is 4.42 Å². The highest BCUT2D eigenvalue weighted by Crippen LogP contribution is 2.24. The number of carbonyl (C=O) groups excluding carboxylic acids is 1. The fourth-order valence-electron chi connectivity index (χ4n) is 2.71. The molecule has 0 unspecified atom stereocenters. The van der Waals surface area contributed by atoms with Crippen molar-refractivity contribution in [3.63, 3.8) is 0 Å². The maximum atomic E-state index is 12.2. The minimum atomic E-state index is -0.168. The van der Waals surface area contributed by atoms with Crippen LogP contribution < -0.4 is 5.32 Å². The zero-order chi connectivity index (χ0) is 21.5. The van der Waals surface area contributed by atoms with Gasteiger partial charge in [0, 0.05) is 11.3 Å². The SMILES string of the molecule is Cc1cccc(-c2nnc(SCC(=O)Nc3ccc(N=Nc4ccccc4)cc3)o2)c1. The standard InChI is InChI=1S/C23H19N5O2S/c1-16-6-5-7-17(14-16)22-27-28-23(30-22)31-15-21(29)24-18-10-12-20(13-11-18)26-25-19-8-3-2-4-9-19/h2-14H,15H2,1H3,(H,24,29). The molecule has 31 heavy (non-hydrogen) atoms. The number of aryl methyl sites for hydroxylation is 1. The summed E-state index contributed by atoms with van der Waals surface area (Å²) in [5, 5.41) is 19.6. The summed E-state index contributed by atoms with van der Waals surface area (Å²) in [7, 11) is 0. The Kier molecular flexibility index (Phi) is 6.49. The molecule has 0 radical (unpaired) electrons. The lowest BCUT2D eigenvalue weighted by atomic mass is 10.1. The molecule has 0 aliphatic heterocycles. The third-order valence-corrected chi connectivity index (χ3v) is 5.00. The van der Waals surface area contributed by atoms with Crippen LogP contribution in [0.4, 0.5) is 17.1 Å². The second-order valence-electron chi connectivity index (χ2n) is 6.66. The molecule has 154 valence electrons. The van der Waals surface area contributed by atoms with Gasteiger partial charge in [-0.3, -0.25) is 4.79 Å². The van der Waals surface area contributed by atoms with Crippen LogP contribution in [0.15, 0.2) is 98.7 Å². The van der Waals surface area contributed by atoms with Crippen molar-refractivity contribution >= 4 is 34.7 Å². The molecule has 0 aliphatic rings. The second kappa shape index (κ2) is 9.82. The number of amides is 1. The van der Waals surface area contributed by atoms with Crippen molar-refractivity contribution < 1.29 is 9.21 Å². The largest absolute Gasteiger partial charge is 0.411 e. The molecule has 0 bridgehead atoms. The highest BCUT2D eigenvalue weighted by Gasteiger charge is 2.11. The van der Waals surface area contributed by atoms with Crippen LogP contribution in [-0.2, 0) is 4.79 Å². The quantitative estimate of drug-likeness (QED) is 0.279. The van der Waals surface area contributed by atoms with Crippen molar-refractivity contribution in [1.82, 2.24) is 10.2 Å². The topological polar surface area (TPSA) is 92.7 Å². The summed E-state index contributed by atoms with van der Waals surface area (Å²) in [4.78, 5) is 12.2. The van der Waals surface area contributed by atoms with Gasteiger partial charge in [0.1, 0.15) is 0 Å². The fraction of sp³-hybridized carbons (Fsp3) is 0.0870. The van der Waals surface area contributed by atoms with E-state index in [1.165, 1.54) is 11.8 Å². The van der Waals surface area contributed by atoms with E-state index in [9.17, 15) is 4.79 Å². The maximum absolute atomic E-state index is 12.2. The van der Waals surface area contributed by atoms with Gasteiger partial charge in [-0.25, -0.2) is 0 Å². The molecule has 0 saturated carbocycles. The predicted molar refractivity (Wildman–Crippen MR) is 121 cm³/mol. The van der Waals surface area contributed by atoms with Gasteiger partial charge in [0.2, 0.25) is 11.8 Å². The van der Waals surface area contributed by atoms with E-state index in [2.05, 4.69) is 25.7 Å². The van der Waals surface area contributed by atoms with E-state index in [1.54, 1.807) is 24.3 Å². The summed E-state index contributed by atoms with van der Waals surface area (Å²) in [6, 6.07) is 24.5. The Bertz CT molecular complexity index is 1190. The number of hydrogen-bond donors (Lipinski definition) is 1. The van der Waals surface area contributed by atoms with E-state index in [1.807, 2.05) is 61.5 Å². The number of thioether (sulfide) groups is 1. The van der Waals surface area contributed by atoms with Gasteiger partial charge in [-0.1, -0.05) is 47.7 Å². The van der Waals surface area contributed by atoms with Crippen molar-refractivity contribution in [3.05, 3.63) is 84.4 Å². The van der Waals surface area contributed by atoms with Crippen LogP contribution in [0.3, 0.4) is 0 Å². The van der Waals surface area contributed by atoms with Gasteiger partial charge in [-0.15, -0.1) is 10.2 Å². The number of anilines is 1. The molecule has 4 rings (SSSR count). The van der Waals surface area contributed by atoms with Crippen LogP contribution in [0.1, 0.15) is 5.56 Å². The zero-order valence-electron chi connectivity index (χ0n) is 16.7. The van der Waals surface area contributed by atoms with E-state index in [0.717, 1.165) is 16.8 Å². The number of azo groups is 1. The first kappa shape index (κ1) is 20.5. The third kappa shape index (κ3) is 5.86. The molecular formula is C23H19N5O2S. The van der Waals surface area contributed by atoms with Crippen LogP contribution in [0.5, 0.6) is 0 Å². The highest BCUT2D eigenvalue weighted by molar-refractivity contribution is 7.99. The van der Waals surface area contributed by atoms with Gasteiger partial charge < -0.3 is 9.73 Å². The summed E-state index contributed by atoms with van der Waals surface area (Å²) in [5.41, 5.74) is 4.12. The number of carbonyl (C=O) groups is 1. The van der Waals surface area contributed by atoms with Gasteiger partial charge in [0.15, 0.2) is 0 Å². The summed E-state index contributed by atoms with van der Waals surface area (Å²) in [5.74, 6) is 0.427. The number of aromatic nitrogens is 2. The van der Waals surface area contributed by atoms with Gasteiger partial charge in [-0.2, -0.15) is 10.2 Å². The summed E-state index contributed by atoms with van der Waals surface area (Å²) >= 11 is 1.19. The van der Waals surface area contributed by atoms with E-state index < -0.39 is 0 Å². The smallest absolute Gasteiger partial charge is 0.277 e. The lowest BCUT2D eigenvalue weighted by Crippen LogP contribution is -2.13. The predicted octanol–water partition coefficient (Wildman–Crippen LogP) is 6.19. The molecule has 0 aliphatic carbocycles. The molecule has 1 amide bonds. The molecule has 0 atom stereocenters. The van der Waals surface area contributed by atoms with Crippen LogP contribution in [0, 0.1) is 6.92 Å². The van der Waals surface area contributed by atoms with E-state index in [-0.39, 0.29) is 11.7 Å². The Morgan fingerprint density at radius 2 is 1.68 bits per heavy atom. The minimum absolute atomic E-state index is 0.158. The van der Waals surface area contributed by atoms with Crippen molar-refractivity contribution in [2.24, 2.45) is 10.2 Å². The highest BCUT2D eigenvalue weighted by atomic mass is 32.2. The van der Waals surface area contributed by atoms with Crippen LogP contribution >= 0.6 is 11.8 Å².